The van der Waals surface area contributed by atoms with Crippen molar-refractivity contribution >= 4 is 40.6 Å². The van der Waals surface area contributed by atoms with E-state index in [4.69, 9.17) is 14.5 Å². The van der Waals surface area contributed by atoms with Crippen LogP contribution in [0.15, 0.2) is 24.3 Å². The Hall–Kier alpha value is -2.53. The SMILES string of the molecule is Cc1c(N2CCOCC2)c(C#N)c2nc3ccccc3n2c1N1CCOCC1.Cl. The Labute approximate surface area is 175 Å². The number of morpholine rings is 2. The van der Waals surface area contributed by atoms with Crippen molar-refractivity contribution in [2.75, 3.05) is 62.4 Å². The highest BCUT2D eigenvalue weighted by atomic mass is 35.5. The van der Waals surface area contributed by atoms with E-state index in [0.29, 0.717) is 32.0 Å². The van der Waals surface area contributed by atoms with Crippen molar-refractivity contribution in [3.8, 4) is 6.07 Å². The number of anilines is 2. The summed E-state index contributed by atoms with van der Waals surface area (Å²) in [7, 11) is 0. The first-order chi connectivity index (χ1) is 13.8. The Morgan fingerprint density at radius 3 is 2.24 bits per heavy atom. The number of nitrogens with zero attached hydrogens (tertiary/aromatic N) is 5. The fourth-order valence-electron chi connectivity index (χ4n) is 4.41. The van der Waals surface area contributed by atoms with Gasteiger partial charge in [-0.1, -0.05) is 12.1 Å². The number of pyridine rings is 1. The van der Waals surface area contributed by atoms with E-state index >= 15 is 0 Å². The lowest BCUT2D eigenvalue weighted by Crippen LogP contribution is -2.40. The molecule has 4 heterocycles. The lowest BCUT2D eigenvalue weighted by Gasteiger charge is -2.35. The Bertz CT molecular complexity index is 1080. The molecule has 0 spiro atoms. The van der Waals surface area contributed by atoms with E-state index in [1.54, 1.807) is 0 Å². The van der Waals surface area contributed by atoms with Crippen molar-refractivity contribution in [3.05, 3.63) is 35.4 Å². The molecule has 0 bridgehead atoms. The maximum atomic E-state index is 10.1. The molecule has 2 aliphatic rings. The summed E-state index contributed by atoms with van der Waals surface area (Å²) < 4.78 is 13.3. The highest BCUT2D eigenvalue weighted by Gasteiger charge is 2.28. The number of para-hydroxylation sites is 2. The summed E-state index contributed by atoms with van der Waals surface area (Å²) in [6.07, 6.45) is 0. The van der Waals surface area contributed by atoms with Crippen LogP contribution < -0.4 is 9.80 Å². The molecule has 29 heavy (non-hydrogen) atoms. The van der Waals surface area contributed by atoms with Gasteiger partial charge in [-0.2, -0.15) is 5.26 Å². The maximum absolute atomic E-state index is 10.1. The van der Waals surface area contributed by atoms with Crippen molar-refractivity contribution in [1.29, 1.82) is 5.26 Å². The van der Waals surface area contributed by atoms with Gasteiger partial charge in [0.05, 0.1) is 43.1 Å². The van der Waals surface area contributed by atoms with Crippen LogP contribution in [-0.2, 0) is 9.47 Å². The molecule has 0 radical (unpaired) electrons. The molecule has 0 amide bonds. The molecule has 2 fully saturated rings. The van der Waals surface area contributed by atoms with Crippen LogP contribution in [0.25, 0.3) is 16.7 Å². The van der Waals surface area contributed by atoms with Gasteiger partial charge in [-0.05, 0) is 19.1 Å². The second-order valence-corrected chi connectivity index (χ2v) is 7.24. The topological polar surface area (TPSA) is 66.0 Å². The standard InChI is InChI=1S/C21H23N5O2.ClH/c1-15-19(24-6-10-27-11-7-24)16(14-22)20-23-17-4-2-3-5-18(17)26(20)21(15)25-8-12-28-13-9-25;/h2-5H,6-13H2,1H3;1H. The fourth-order valence-corrected chi connectivity index (χ4v) is 4.41. The quantitative estimate of drug-likeness (QED) is 0.643. The summed E-state index contributed by atoms with van der Waals surface area (Å²) in [4.78, 5) is 9.51. The molecule has 0 atom stereocenters. The number of rotatable bonds is 2. The molecule has 5 rings (SSSR count). The van der Waals surface area contributed by atoms with Crippen molar-refractivity contribution < 1.29 is 9.47 Å². The van der Waals surface area contributed by atoms with Gasteiger partial charge in [-0.15, -0.1) is 12.4 Å². The zero-order chi connectivity index (χ0) is 19.1. The molecule has 2 saturated heterocycles. The highest BCUT2D eigenvalue weighted by Crippen LogP contribution is 2.38. The van der Waals surface area contributed by atoms with E-state index < -0.39 is 0 Å². The zero-order valence-corrected chi connectivity index (χ0v) is 17.2. The Balaban J connectivity index is 0.00000205. The smallest absolute Gasteiger partial charge is 0.159 e. The molecule has 2 aliphatic heterocycles. The van der Waals surface area contributed by atoms with Gasteiger partial charge in [0, 0.05) is 31.7 Å². The van der Waals surface area contributed by atoms with Gasteiger partial charge in [-0.3, -0.25) is 4.40 Å². The monoisotopic (exact) mass is 413 g/mol. The van der Waals surface area contributed by atoms with Gasteiger partial charge < -0.3 is 19.3 Å². The lowest BCUT2D eigenvalue weighted by molar-refractivity contribution is 0.122. The molecule has 0 unspecified atom stereocenters. The number of benzene rings is 1. The summed E-state index contributed by atoms with van der Waals surface area (Å²) in [6.45, 7) is 8.14. The molecular formula is C21H24ClN5O2. The van der Waals surface area contributed by atoms with Crippen LogP contribution in [0.2, 0.25) is 0 Å². The van der Waals surface area contributed by atoms with E-state index in [9.17, 15) is 5.26 Å². The summed E-state index contributed by atoms with van der Waals surface area (Å²) in [5.41, 5.74) is 5.44. The Morgan fingerprint density at radius 1 is 0.966 bits per heavy atom. The molecule has 7 nitrogen and oxygen atoms in total. The molecule has 152 valence electrons. The third kappa shape index (κ3) is 3.18. The predicted octanol–water partition coefficient (Wildman–Crippen LogP) is 2.76. The minimum atomic E-state index is 0. The van der Waals surface area contributed by atoms with Crippen molar-refractivity contribution in [3.63, 3.8) is 0 Å². The molecule has 0 saturated carbocycles. The third-order valence-electron chi connectivity index (χ3n) is 5.67. The van der Waals surface area contributed by atoms with Crippen LogP contribution in [0.4, 0.5) is 11.5 Å². The fraction of sp³-hybridized carbons (Fsp3) is 0.429. The van der Waals surface area contributed by atoms with Gasteiger partial charge in [0.15, 0.2) is 5.65 Å². The number of imidazole rings is 1. The summed E-state index contributed by atoms with van der Waals surface area (Å²) in [5, 5.41) is 10.1. The van der Waals surface area contributed by atoms with Crippen LogP contribution in [0.5, 0.6) is 0 Å². The molecule has 1 aromatic carbocycles. The van der Waals surface area contributed by atoms with E-state index in [1.165, 1.54) is 0 Å². The molecule has 0 aliphatic carbocycles. The van der Waals surface area contributed by atoms with Crippen LogP contribution in [0.1, 0.15) is 11.1 Å². The van der Waals surface area contributed by atoms with Crippen LogP contribution in [-0.4, -0.2) is 62.0 Å². The molecule has 2 aromatic heterocycles. The number of ether oxygens (including phenoxy) is 2. The van der Waals surface area contributed by atoms with Gasteiger partial charge in [0.1, 0.15) is 17.5 Å². The third-order valence-corrected chi connectivity index (χ3v) is 5.67. The molecule has 8 heteroatoms. The van der Waals surface area contributed by atoms with E-state index in [-0.39, 0.29) is 12.4 Å². The van der Waals surface area contributed by atoms with Gasteiger partial charge in [0.25, 0.3) is 0 Å². The summed E-state index contributed by atoms with van der Waals surface area (Å²) in [6, 6.07) is 10.6. The number of halogens is 1. The van der Waals surface area contributed by atoms with Crippen molar-refractivity contribution in [2.24, 2.45) is 0 Å². The van der Waals surface area contributed by atoms with Crippen LogP contribution >= 0.6 is 12.4 Å². The minimum absolute atomic E-state index is 0. The average molecular weight is 414 g/mol. The predicted molar refractivity (Wildman–Crippen MR) is 115 cm³/mol. The first-order valence-electron chi connectivity index (χ1n) is 9.79. The van der Waals surface area contributed by atoms with E-state index in [2.05, 4.69) is 33.3 Å². The van der Waals surface area contributed by atoms with Gasteiger partial charge in [-0.25, -0.2) is 4.98 Å². The van der Waals surface area contributed by atoms with Gasteiger partial charge >= 0.3 is 0 Å². The molecule has 3 aromatic rings. The first-order valence-corrected chi connectivity index (χ1v) is 9.79. The highest BCUT2D eigenvalue weighted by molar-refractivity contribution is 5.90. The van der Waals surface area contributed by atoms with Crippen molar-refractivity contribution in [2.45, 2.75) is 6.92 Å². The molecular weight excluding hydrogens is 390 g/mol. The number of hydrogen-bond acceptors (Lipinski definition) is 6. The maximum Gasteiger partial charge on any atom is 0.159 e. The average Bonchev–Trinajstić information content (AvgIpc) is 3.13. The largest absolute Gasteiger partial charge is 0.378 e. The number of nitriles is 1. The summed E-state index contributed by atoms with van der Waals surface area (Å²) in [5.74, 6) is 1.12. The second-order valence-electron chi connectivity index (χ2n) is 7.24. The van der Waals surface area contributed by atoms with Crippen LogP contribution in [0, 0.1) is 18.3 Å². The van der Waals surface area contributed by atoms with Crippen LogP contribution in [0.3, 0.4) is 0 Å². The number of hydrogen-bond donors (Lipinski definition) is 0. The van der Waals surface area contributed by atoms with E-state index in [1.807, 2.05) is 18.2 Å². The molecule has 0 N–H and O–H groups in total. The van der Waals surface area contributed by atoms with Crippen molar-refractivity contribution in [1.82, 2.24) is 9.38 Å². The number of fused-ring (bicyclic) bond motifs is 3. The minimum Gasteiger partial charge on any atom is -0.378 e. The summed E-state index contributed by atoms with van der Waals surface area (Å²) >= 11 is 0. The second kappa shape index (κ2) is 8.07. The lowest BCUT2D eigenvalue weighted by atomic mass is 10.1. The first kappa shape index (κ1) is 19.8. The normalized spacial score (nSPS) is 17.4. The van der Waals surface area contributed by atoms with Gasteiger partial charge in [0.2, 0.25) is 0 Å². The number of aromatic nitrogens is 2. The Morgan fingerprint density at radius 2 is 1.59 bits per heavy atom. The Kier molecular flexibility index (Phi) is 5.50. The van der Waals surface area contributed by atoms with E-state index in [0.717, 1.165) is 59.9 Å². The zero-order valence-electron chi connectivity index (χ0n) is 16.4.